The Morgan fingerprint density at radius 3 is 2.75 bits per heavy atom. The van der Waals surface area contributed by atoms with Crippen molar-refractivity contribution in [3.05, 3.63) is 22.6 Å². The van der Waals surface area contributed by atoms with Crippen molar-refractivity contribution in [3.63, 3.8) is 0 Å². The number of anilines is 1. The lowest BCUT2D eigenvalue weighted by Crippen LogP contribution is -1.93. The van der Waals surface area contributed by atoms with E-state index in [-0.39, 0.29) is 0 Å². The van der Waals surface area contributed by atoms with Crippen molar-refractivity contribution in [2.45, 2.75) is 33.1 Å². The summed E-state index contributed by atoms with van der Waals surface area (Å²) in [5.74, 6) is 0.768. The lowest BCUT2D eigenvalue weighted by molar-refractivity contribution is 0.438. The average molecular weight is 236 g/mol. The summed E-state index contributed by atoms with van der Waals surface area (Å²) in [5, 5.41) is 4.07. The molecule has 0 aliphatic carbocycles. The second-order valence-electron chi connectivity index (χ2n) is 4.08. The van der Waals surface area contributed by atoms with Gasteiger partial charge in [0, 0.05) is 10.4 Å². The van der Waals surface area contributed by atoms with Gasteiger partial charge in [0.15, 0.2) is 0 Å². The molecule has 0 fully saturated rings. The van der Waals surface area contributed by atoms with Crippen molar-refractivity contribution in [2.24, 2.45) is 0 Å². The van der Waals surface area contributed by atoms with E-state index in [9.17, 15) is 0 Å². The van der Waals surface area contributed by atoms with Crippen LogP contribution in [-0.2, 0) is 6.42 Å². The first-order chi connectivity index (χ1) is 7.63. The van der Waals surface area contributed by atoms with Crippen LogP contribution in [-0.4, -0.2) is 5.16 Å². The molecule has 2 N–H and O–H groups in total. The average Bonchev–Trinajstić information content (AvgIpc) is 2.82. The van der Waals surface area contributed by atoms with E-state index in [1.165, 1.54) is 4.88 Å². The molecular formula is C12H16N2OS. The van der Waals surface area contributed by atoms with Crippen molar-refractivity contribution < 1.29 is 4.52 Å². The van der Waals surface area contributed by atoms with Gasteiger partial charge in [0.2, 0.25) is 5.88 Å². The molecule has 0 atom stereocenters. The highest BCUT2D eigenvalue weighted by atomic mass is 32.1. The van der Waals surface area contributed by atoms with E-state index in [0.29, 0.717) is 11.8 Å². The minimum atomic E-state index is 0.327. The molecule has 2 aromatic rings. The van der Waals surface area contributed by atoms with E-state index >= 15 is 0 Å². The molecule has 0 saturated carbocycles. The number of aromatic nitrogens is 1. The zero-order chi connectivity index (χ0) is 11.7. The van der Waals surface area contributed by atoms with Crippen molar-refractivity contribution in [2.75, 3.05) is 5.73 Å². The highest BCUT2D eigenvalue weighted by Crippen LogP contribution is 2.36. The third-order valence-corrected chi connectivity index (χ3v) is 3.81. The molecule has 0 aliphatic heterocycles. The maximum Gasteiger partial charge on any atom is 0.226 e. The Labute approximate surface area is 99.3 Å². The fourth-order valence-electron chi connectivity index (χ4n) is 1.74. The molecule has 0 radical (unpaired) electrons. The number of hydrogen-bond acceptors (Lipinski definition) is 4. The molecule has 0 aromatic carbocycles. The number of hydrogen-bond donors (Lipinski definition) is 1. The Morgan fingerprint density at radius 2 is 2.19 bits per heavy atom. The van der Waals surface area contributed by atoms with Gasteiger partial charge in [-0.1, -0.05) is 25.9 Å². The highest BCUT2D eigenvalue weighted by molar-refractivity contribution is 7.15. The van der Waals surface area contributed by atoms with Crippen molar-refractivity contribution >= 4 is 17.2 Å². The van der Waals surface area contributed by atoms with Gasteiger partial charge < -0.3 is 10.3 Å². The summed E-state index contributed by atoms with van der Waals surface area (Å²) in [6.45, 7) is 6.34. The zero-order valence-electron chi connectivity index (χ0n) is 9.78. The molecule has 0 saturated heterocycles. The van der Waals surface area contributed by atoms with Crippen LogP contribution in [0.5, 0.6) is 0 Å². The minimum Gasteiger partial charge on any atom is -0.367 e. The quantitative estimate of drug-likeness (QED) is 0.884. The molecule has 0 unspecified atom stereocenters. The fraction of sp³-hybridized carbons (Fsp3) is 0.417. The topological polar surface area (TPSA) is 52.0 Å². The first kappa shape index (κ1) is 11.2. The van der Waals surface area contributed by atoms with Gasteiger partial charge in [-0.15, -0.1) is 11.3 Å². The van der Waals surface area contributed by atoms with Crippen LogP contribution in [0.2, 0.25) is 0 Å². The summed E-state index contributed by atoms with van der Waals surface area (Å²) < 4.78 is 5.09. The van der Waals surface area contributed by atoms with E-state index in [1.807, 2.05) is 0 Å². The molecule has 3 nitrogen and oxygen atoms in total. The number of thiophene rings is 1. The van der Waals surface area contributed by atoms with Crippen LogP contribution < -0.4 is 5.73 Å². The standard InChI is InChI=1S/C12H16N2OS/c1-4-8-5-6-9(16-8)11-10(7(2)3)12(13)15-14-11/h5-7H,4,13H2,1-3H3. The Balaban J connectivity index is 2.47. The summed E-state index contributed by atoms with van der Waals surface area (Å²) in [6, 6.07) is 4.22. The Morgan fingerprint density at radius 1 is 1.44 bits per heavy atom. The monoisotopic (exact) mass is 236 g/mol. The number of nitrogens with zero attached hydrogens (tertiary/aromatic N) is 1. The van der Waals surface area contributed by atoms with E-state index in [1.54, 1.807) is 11.3 Å². The first-order valence-electron chi connectivity index (χ1n) is 5.47. The molecule has 0 aliphatic rings. The molecule has 0 spiro atoms. The molecule has 2 aromatic heterocycles. The number of rotatable bonds is 3. The second kappa shape index (κ2) is 4.29. The predicted molar refractivity (Wildman–Crippen MR) is 67.7 cm³/mol. The van der Waals surface area contributed by atoms with Gasteiger partial charge >= 0.3 is 0 Å². The van der Waals surface area contributed by atoms with Crippen molar-refractivity contribution in [1.82, 2.24) is 5.16 Å². The van der Waals surface area contributed by atoms with Gasteiger partial charge in [-0.25, -0.2) is 0 Å². The molecule has 4 heteroatoms. The highest BCUT2D eigenvalue weighted by Gasteiger charge is 2.19. The molecule has 16 heavy (non-hydrogen) atoms. The predicted octanol–water partition coefficient (Wildman–Crippen LogP) is 3.67. The SMILES string of the molecule is CCc1ccc(-c2noc(N)c2C(C)C)s1. The van der Waals surface area contributed by atoms with E-state index in [4.69, 9.17) is 10.3 Å². The molecule has 2 heterocycles. The van der Waals surface area contributed by atoms with E-state index in [0.717, 1.165) is 22.6 Å². The summed E-state index contributed by atoms with van der Waals surface area (Å²) in [6.07, 6.45) is 1.05. The Bertz CT molecular complexity index is 485. The van der Waals surface area contributed by atoms with Crippen LogP contribution in [0.15, 0.2) is 16.7 Å². The number of aryl methyl sites for hydroxylation is 1. The van der Waals surface area contributed by atoms with Gasteiger partial charge in [-0.3, -0.25) is 0 Å². The van der Waals surface area contributed by atoms with Crippen molar-refractivity contribution in [3.8, 4) is 10.6 Å². The van der Waals surface area contributed by atoms with Gasteiger partial charge in [0.25, 0.3) is 0 Å². The van der Waals surface area contributed by atoms with Crippen molar-refractivity contribution in [1.29, 1.82) is 0 Å². The molecule has 0 bridgehead atoms. The van der Waals surface area contributed by atoms with Gasteiger partial charge in [0.05, 0.1) is 4.88 Å². The lowest BCUT2D eigenvalue weighted by Gasteiger charge is -2.03. The largest absolute Gasteiger partial charge is 0.367 e. The Hall–Kier alpha value is -1.29. The molecular weight excluding hydrogens is 220 g/mol. The van der Waals surface area contributed by atoms with Gasteiger partial charge in [0.1, 0.15) is 5.69 Å². The third kappa shape index (κ3) is 1.85. The van der Waals surface area contributed by atoms with Crippen LogP contribution in [0, 0.1) is 0 Å². The fourth-order valence-corrected chi connectivity index (χ4v) is 2.68. The van der Waals surface area contributed by atoms with Gasteiger partial charge in [-0.2, -0.15) is 0 Å². The minimum absolute atomic E-state index is 0.327. The molecule has 2 rings (SSSR count). The number of nitrogen functional groups attached to an aromatic ring is 1. The normalized spacial score (nSPS) is 11.2. The summed E-state index contributed by atoms with van der Waals surface area (Å²) in [4.78, 5) is 2.49. The van der Waals surface area contributed by atoms with E-state index in [2.05, 4.69) is 38.1 Å². The summed E-state index contributed by atoms with van der Waals surface area (Å²) >= 11 is 1.75. The van der Waals surface area contributed by atoms with E-state index < -0.39 is 0 Å². The summed E-state index contributed by atoms with van der Waals surface area (Å²) in [7, 11) is 0. The van der Waals surface area contributed by atoms with Crippen LogP contribution in [0.4, 0.5) is 5.88 Å². The lowest BCUT2D eigenvalue weighted by atomic mass is 10.0. The van der Waals surface area contributed by atoms with Crippen LogP contribution in [0.25, 0.3) is 10.6 Å². The number of nitrogens with two attached hydrogens (primary N) is 1. The van der Waals surface area contributed by atoms with Crippen LogP contribution >= 0.6 is 11.3 Å². The first-order valence-corrected chi connectivity index (χ1v) is 6.29. The molecule has 0 amide bonds. The smallest absolute Gasteiger partial charge is 0.226 e. The zero-order valence-corrected chi connectivity index (χ0v) is 10.6. The maximum atomic E-state index is 5.79. The van der Waals surface area contributed by atoms with Gasteiger partial charge in [-0.05, 0) is 24.5 Å². The second-order valence-corrected chi connectivity index (χ2v) is 5.25. The Kier molecular flexibility index (Phi) is 3.01. The van der Waals surface area contributed by atoms with Crippen LogP contribution in [0.1, 0.15) is 37.1 Å². The van der Waals surface area contributed by atoms with Crippen LogP contribution in [0.3, 0.4) is 0 Å². The summed E-state index contributed by atoms with van der Waals surface area (Å²) in [5.41, 5.74) is 7.71. The third-order valence-electron chi connectivity index (χ3n) is 2.58. The molecule has 86 valence electrons. The maximum absolute atomic E-state index is 5.79.